The lowest BCUT2D eigenvalue weighted by Gasteiger charge is -2.11. The third-order valence-electron chi connectivity index (χ3n) is 2.48. The average molecular weight is 277 g/mol. The molecule has 6 heteroatoms. The molecule has 0 unspecified atom stereocenters. The van der Waals surface area contributed by atoms with Crippen LogP contribution in [0.25, 0.3) is 0 Å². The molecule has 0 fully saturated rings. The molecular weight excluding hydrogens is 264 g/mol. The predicted molar refractivity (Wildman–Crippen MR) is 75.8 cm³/mol. The molecule has 0 aliphatic rings. The second-order valence-corrected chi connectivity index (χ2v) is 4.52. The number of anilines is 2. The van der Waals surface area contributed by atoms with Crippen LogP contribution in [0, 0.1) is 0 Å². The fraction of sp³-hybridized carbons (Fsp3) is 0.154. The minimum atomic E-state index is -0.308. The quantitative estimate of drug-likeness (QED) is 0.935. The standard InChI is InChI=1S/C13H13ClN4O/c1-18(2)12-4-3-9(7-16-12)17-13(19)10-8-15-6-5-11(10)14/h3-8H,1-2H3,(H,17,19). The smallest absolute Gasteiger partial charge is 0.258 e. The number of carbonyl (C=O) groups excluding carboxylic acids is 1. The van der Waals surface area contributed by atoms with Gasteiger partial charge >= 0.3 is 0 Å². The Bertz CT molecular complexity index is 583. The van der Waals surface area contributed by atoms with Gasteiger partial charge in [0.05, 0.1) is 22.5 Å². The van der Waals surface area contributed by atoms with Gasteiger partial charge in [-0.05, 0) is 18.2 Å². The molecule has 2 heterocycles. The van der Waals surface area contributed by atoms with Gasteiger partial charge in [-0.3, -0.25) is 9.78 Å². The van der Waals surface area contributed by atoms with Gasteiger partial charge in [0.15, 0.2) is 0 Å². The molecule has 1 amide bonds. The van der Waals surface area contributed by atoms with Gasteiger partial charge in [0.2, 0.25) is 0 Å². The molecule has 0 aliphatic heterocycles. The molecule has 0 aromatic carbocycles. The van der Waals surface area contributed by atoms with E-state index in [1.807, 2.05) is 25.1 Å². The molecule has 0 radical (unpaired) electrons. The summed E-state index contributed by atoms with van der Waals surface area (Å²) < 4.78 is 0. The predicted octanol–water partition coefficient (Wildman–Crippen LogP) is 2.45. The van der Waals surface area contributed by atoms with Crippen molar-refractivity contribution in [3.05, 3.63) is 47.4 Å². The van der Waals surface area contributed by atoms with E-state index >= 15 is 0 Å². The highest BCUT2D eigenvalue weighted by molar-refractivity contribution is 6.34. The number of aromatic nitrogens is 2. The first-order valence-corrected chi connectivity index (χ1v) is 6.00. The van der Waals surface area contributed by atoms with Gasteiger partial charge < -0.3 is 10.2 Å². The maximum Gasteiger partial charge on any atom is 0.258 e. The number of nitrogens with zero attached hydrogens (tertiary/aromatic N) is 3. The molecule has 0 saturated heterocycles. The van der Waals surface area contributed by atoms with Crippen LogP contribution in [0.3, 0.4) is 0 Å². The first-order valence-electron chi connectivity index (χ1n) is 5.62. The zero-order valence-electron chi connectivity index (χ0n) is 10.6. The number of nitrogens with one attached hydrogen (secondary N) is 1. The molecule has 0 spiro atoms. The van der Waals surface area contributed by atoms with Gasteiger partial charge in [0, 0.05) is 26.5 Å². The molecule has 1 N–H and O–H groups in total. The van der Waals surface area contributed by atoms with Gasteiger partial charge in [-0.1, -0.05) is 11.6 Å². The van der Waals surface area contributed by atoms with Crippen LogP contribution in [0.4, 0.5) is 11.5 Å². The van der Waals surface area contributed by atoms with Crippen molar-refractivity contribution in [3.8, 4) is 0 Å². The molecule has 2 aromatic heterocycles. The Morgan fingerprint density at radius 3 is 2.63 bits per heavy atom. The number of carbonyl (C=O) groups is 1. The molecule has 0 saturated carbocycles. The van der Waals surface area contributed by atoms with Crippen molar-refractivity contribution >= 4 is 29.0 Å². The highest BCUT2D eigenvalue weighted by Gasteiger charge is 2.10. The lowest BCUT2D eigenvalue weighted by atomic mass is 10.2. The lowest BCUT2D eigenvalue weighted by molar-refractivity contribution is 0.102. The molecule has 98 valence electrons. The highest BCUT2D eigenvalue weighted by atomic mass is 35.5. The van der Waals surface area contributed by atoms with E-state index in [2.05, 4.69) is 15.3 Å². The minimum absolute atomic E-state index is 0.308. The van der Waals surface area contributed by atoms with Crippen LogP contribution in [-0.2, 0) is 0 Å². The number of rotatable bonds is 3. The Labute approximate surface area is 116 Å². The summed E-state index contributed by atoms with van der Waals surface area (Å²) in [5.74, 6) is 0.509. The van der Waals surface area contributed by atoms with E-state index in [1.165, 1.54) is 12.4 Å². The van der Waals surface area contributed by atoms with Gasteiger partial charge in [-0.25, -0.2) is 4.98 Å². The fourth-order valence-electron chi connectivity index (χ4n) is 1.47. The Morgan fingerprint density at radius 1 is 1.26 bits per heavy atom. The van der Waals surface area contributed by atoms with E-state index in [9.17, 15) is 4.79 Å². The Balaban J connectivity index is 2.13. The van der Waals surface area contributed by atoms with E-state index in [0.717, 1.165) is 5.82 Å². The normalized spacial score (nSPS) is 10.1. The van der Waals surface area contributed by atoms with Crippen molar-refractivity contribution in [1.82, 2.24) is 9.97 Å². The van der Waals surface area contributed by atoms with Gasteiger partial charge in [-0.2, -0.15) is 0 Å². The zero-order chi connectivity index (χ0) is 13.8. The first-order chi connectivity index (χ1) is 9.08. The molecule has 2 rings (SSSR count). The monoisotopic (exact) mass is 276 g/mol. The van der Waals surface area contributed by atoms with Crippen LogP contribution in [0.5, 0.6) is 0 Å². The molecule has 2 aromatic rings. The summed E-state index contributed by atoms with van der Waals surface area (Å²) in [5, 5.41) is 3.09. The molecule has 0 atom stereocenters. The highest BCUT2D eigenvalue weighted by Crippen LogP contribution is 2.17. The minimum Gasteiger partial charge on any atom is -0.363 e. The van der Waals surface area contributed by atoms with Crippen LogP contribution in [-0.4, -0.2) is 30.0 Å². The maximum absolute atomic E-state index is 12.0. The number of halogens is 1. The van der Waals surface area contributed by atoms with E-state index in [0.29, 0.717) is 16.3 Å². The van der Waals surface area contributed by atoms with Crippen molar-refractivity contribution in [2.24, 2.45) is 0 Å². The van der Waals surface area contributed by atoms with Gasteiger partial charge in [-0.15, -0.1) is 0 Å². The topological polar surface area (TPSA) is 58.1 Å². The maximum atomic E-state index is 12.0. The zero-order valence-corrected chi connectivity index (χ0v) is 11.3. The molecule has 5 nitrogen and oxygen atoms in total. The van der Waals surface area contributed by atoms with Crippen molar-refractivity contribution in [3.63, 3.8) is 0 Å². The Kier molecular flexibility index (Phi) is 3.97. The second-order valence-electron chi connectivity index (χ2n) is 4.11. The summed E-state index contributed by atoms with van der Waals surface area (Å²) >= 11 is 5.93. The van der Waals surface area contributed by atoms with E-state index in [-0.39, 0.29) is 5.91 Å². The average Bonchev–Trinajstić information content (AvgIpc) is 2.39. The van der Waals surface area contributed by atoms with Crippen LogP contribution in [0.15, 0.2) is 36.8 Å². The largest absolute Gasteiger partial charge is 0.363 e. The van der Waals surface area contributed by atoms with Crippen LogP contribution >= 0.6 is 11.6 Å². The summed E-state index contributed by atoms with van der Waals surface area (Å²) in [6.07, 6.45) is 4.56. The van der Waals surface area contributed by atoms with Crippen LogP contribution in [0.1, 0.15) is 10.4 Å². The number of hydrogen-bond donors (Lipinski definition) is 1. The number of pyridine rings is 2. The molecular formula is C13H13ClN4O. The Morgan fingerprint density at radius 2 is 2.05 bits per heavy atom. The second kappa shape index (κ2) is 5.67. The molecule has 19 heavy (non-hydrogen) atoms. The van der Waals surface area contributed by atoms with Crippen molar-refractivity contribution in [2.75, 3.05) is 24.3 Å². The van der Waals surface area contributed by atoms with Crippen LogP contribution < -0.4 is 10.2 Å². The number of amides is 1. The van der Waals surface area contributed by atoms with Gasteiger partial charge in [0.25, 0.3) is 5.91 Å². The van der Waals surface area contributed by atoms with Gasteiger partial charge in [0.1, 0.15) is 5.82 Å². The third-order valence-corrected chi connectivity index (χ3v) is 2.81. The van der Waals surface area contributed by atoms with Crippen molar-refractivity contribution in [1.29, 1.82) is 0 Å². The third kappa shape index (κ3) is 3.20. The SMILES string of the molecule is CN(C)c1ccc(NC(=O)c2cnccc2Cl)cn1. The Hall–Kier alpha value is -2.14. The fourth-order valence-corrected chi connectivity index (χ4v) is 1.66. The lowest BCUT2D eigenvalue weighted by Crippen LogP contribution is -2.14. The van der Waals surface area contributed by atoms with Crippen LogP contribution in [0.2, 0.25) is 5.02 Å². The summed E-state index contributed by atoms with van der Waals surface area (Å²) in [5.41, 5.74) is 0.941. The molecule has 0 aliphatic carbocycles. The molecule has 0 bridgehead atoms. The first kappa shape index (κ1) is 13.3. The number of hydrogen-bond acceptors (Lipinski definition) is 4. The van der Waals surface area contributed by atoms with E-state index < -0.39 is 0 Å². The summed E-state index contributed by atoms with van der Waals surface area (Å²) in [7, 11) is 3.80. The van der Waals surface area contributed by atoms with Crippen molar-refractivity contribution in [2.45, 2.75) is 0 Å². The van der Waals surface area contributed by atoms with Crippen molar-refractivity contribution < 1.29 is 4.79 Å². The summed E-state index contributed by atoms with van der Waals surface area (Å²) in [6, 6.07) is 5.18. The van der Waals surface area contributed by atoms with E-state index in [1.54, 1.807) is 18.3 Å². The van der Waals surface area contributed by atoms with E-state index in [4.69, 9.17) is 11.6 Å². The summed E-state index contributed by atoms with van der Waals surface area (Å²) in [6.45, 7) is 0. The summed E-state index contributed by atoms with van der Waals surface area (Å²) in [4.78, 5) is 21.9.